The van der Waals surface area contributed by atoms with Crippen molar-refractivity contribution >= 4 is 17.9 Å². The summed E-state index contributed by atoms with van der Waals surface area (Å²) in [4.78, 5) is 30.5. The molecule has 3 aromatic carbocycles. The van der Waals surface area contributed by atoms with E-state index in [1.807, 2.05) is 79.0 Å². The molecule has 2 heterocycles. The Morgan fingerprint density at radius 1 is 0.816 bits per heavy atom. The van der Waals surface area contributed by atoms with E-state index >= 15 is 0 Å². The van der Waals surface area contributed by atoms with Crippen LogP contribution in [0.25, 0.3) is 23.0 Å². The number of nitrogens with zero attached hydrogens (tertiary/aromatic N) is 3. The fourth-order valence-corrected chi connectivity index (χ4v) is 3.90. The van der Waals surface area contributed by atoms with Gasteiger partial charge in [-0.3, -0.25) is 14.6 Å². The van der Waals surface area contributed by atoms with Gasteiger partial charge in [0, 0.05) is 41.8 Å². The first-order chi connectivity index (χ1) is 18.7. The van der Waals surface area contributed by atoms with E-state index in [0.717, 1.165) is 16.8 Å². The number of aromatic nitrogens is 3. The van der Waals surface area contributed by atoms with Crippen molar-refractivity contribution in [2.24, 2.45) is 0 Å². The average molecular weight is 500 g/mol. The van der Waals surface area contributed by atoms with Crippen molar-refractivity contribution in [2.75, 3.05) is 0 Å². The van der Waals surface area contributed by atoms with Crippen LogP contribution in [0.3, 0.4) is 0 Å². The number of pyridine rings is 1. The quantitative estimate of drug-likeness (QED) is 0.294. The molecule has 38 heavy (non-hydrogen) atoms. The van der Waals surface area contributed by atoms with E-state index in [1.54, 1.807) is 53.5 Å². The lowest BCUT2D eigenvalue weighted by molar-refractivity contribution is -0.117. The summed E-state index contributed by atoms with van der Waals surface area (Å²) in [6.07, 6.45) is 6.87. The number of carbonyl (C=O) groups excluding carboxylic acids is 2. The minimum absolute atomic E-state index is 0.104. The van der Waals surface area contributed by atoms with Crippen molar-refractivity contribution in [3.05, 3.63) is 144 Å². The van der Waals surface area contributed by atoms with E-state index in [-0.39, 0.29) is 18.1 Å². The molecule has 0 aliphatic heterocycles. The van der Waals surface area contributed by atoms with Crippen molar-refractivity contribution in [2.45, 2.75) is 6.54 Å². The summed E-state index contributed by atoms with van der Waals surface area (Å²) in [6.45, 7) is 0.264. The van der Waals surface area contributed by atoms with E-state index in [0.29, 0.717) is 16.8 Å². The number of hydrogen-bond donors (Lipinski definition) is 2. The van der Waals surface area contributed by atoms with Crippen LogP contribution in [0.5, 0.6) is 0 Å². The highest BCUT2D eigenvalue weighted by Crippen LogP contribution is 2.25. The molecule has 0 bridgehead atoms. The zero-order valence-corrected chi connectivity index (χ0v) is 20.5. The topological polar surface area (TPSA) is 88.9 Å². The molecule has 2 amide bonds. The van der Waals surface area contributed by atoms with E-state index in [4.69, 9.17) is 5.10 Å². The Bertz CT molecular complexity index is 1550. The molecule has 7 nitrogen and oxygen atoms in total. The Balaban J connectivity index is 1.54. The number of rotatable bonds is 8. The minimum atomic E-state index is -0.426. The van der Waals surface area contributed by atoms with E-state index in [9.17, 15) is 9.59 Å². The molecule has 0 spiro atoms. The maximum Gasteiger partial charge on any atom is 0.268 e. The molecular formula is C31H25N5O2. The maximum absolute atomic E-state index is 13.4. The summed E-state index contributed by atoms with van der Waals surface area (Å²) < 4.78 is 1.76. The Morgan fingerprint density at radius 2 is 1.50 bits per heavy atom. The lowest BCUT2D eigenvalue weighted by Gasteiger charge is -2.11. The number of hydrogen-bond acceptors (Lipinski definition) is 4. The molecule has 7 heteroatoms. The van der Waals surface area contributed by atoms with Crippen molar-refractivity contribution in [3.8, 4) is 16.9 Å². The molecule has 2 N–H and O–H groups in total. The molecule has 0 radical (unpaired) electrons. The van der Waals surface area contributed by atoms with Gasteiger partial charge in [0.1, 0.15) is 11.4 Å². The zero-order chi connectivity index (χ0) is 26.2. The van der Waals surface area contributed by atoms with Gasteiger partial charge in [0.2, 0.25) is 0 Å². The van der Waals surface area contributed by atoms with Crippen molar-refractivity contribution < 1.29 is 9.59 Å². The number of carbonyl (C=O) groups is 2. The molecular weight excluding hydrogens is 474 g/mol. The standard InChI is InChI=1S/C31H25N5O2/c37-30(25-14-6-2-7-15-25)34-28(31(38)33-21-23-11-10-18-32-20-23)19-26-22-36(27-16-8-3-9-17-27)35-29(26)24-12-4-1-5-13-24/h1-20,22H,21H2,(H,33,38)(H,34,37). The predicted molar refractivity (Wildman–Crippen MR) is 147 cm³/mol. The van der Waals surface area contributed by atoms with Crippen molar-refractivity contribution in [1.82, 2.24) is 25.4 Å². The van der Waals surface area contributed by atoms with Crippen LogP contribution in [-0.4, -0.2) is 26.6 Å². The van der Waals surface area contributed by atoms with Gasteiger partial charge in [-0.2, -0.15) is 5.10 Å². The fraction of sp³-hybridized carbons (Fsp3) is 0.0323. The first-order valence-corrected chi connectivity index (χ1v) is 12.1. The van der Waals surface area contributed by atoms with Gasteiger partial charge < -0.3 is 10.6 Å². The van der Waals surface area contributed by atoms with Crippen LogP contribution in [0.2, 0.25) is 0 Å². The van der Waals surface area contributed by atoms with Crippen LogP contribution in [0.15, 0.2) is 127 Å². The summed E-state index contributed by atoms with van der Waals surface area (Å²) in [5, 5.41) is 10.5. The summed E-state index contributed by atoms with van der Waals surface area (Å²) in [5.41, 5.74) is 4.52. The zero-order valence-electron chi connectivity index (χ0n) is 20.5. The Kier molecular flexibility index (Phi) is 7.46. The molecule has 186 valence electrons. The largest absolute Gasteiger partial charge is 0.347 e. The maximum atomic E-state index is 13.4. The van der Waals surface area contributed by atoms with Crippen LogP contribution < -0.4 is 10.6 Å². The molecule has 2 aromatic heterocycles. The van der Waals surface area contributed by atoms with E-state index < -0.39 is 5.91 Å². The summed E-state index contributed by atoms with van der Waals surface area (Å²) in [5.74, 6) is -0.810. The van der Waals surface area contributed by atoms with Gasteiger partial charge in [-0.15, -0.1) is 0 Å². The highest BCUT2D eigenvalue weighted by Gasteiger charge is 2.18. The molecule has 5 rings (SSSR count). The van der Waals surface area contributed by atoms with Crippen LogP contribution in [0.4, 0.5) is 0 Å². The average Bonchev–Trinajstić information content (AvgIpc) is 3.41. The van der Waals surface area contributed by atoms with Crippen LogP contribution in [0.1, 0.15) is 21.5 Å². The molecule has 0 fully saturated rings. The lowest BCUT2D eigenvalue weighted by atomic mass is 10.1. The minimum Gasteiger partial charge on any atom is -0.347 e. The molecule has 0 atom stereocenters. The monoisotopic (exact) mass is 499 g/mol. The lowest BCUT2D eigenvalue weighted by Crippen LogP contribution is -2.34. The Morgan fingerprint density at radius 3 is 2.18 bits per heavy atom. The van der Waals surface area contributed by atoms with Crippen LogP contribution in [0, 0.1) is 0 Å². The second-order valence-electron chi connectivity index (χ2n) is 8.50. The summed E-state index contributed by atoms with van der Waals surface area (Å²) in [7, 11) is 0. The third-order valence-electron chi connectivity index (χ3n) is 5.82. The highest BCUT2D eigenvalue weighted by atomic mass is 16.2. The van der Waals surface area contributed by atoms with E-state index in [2.05, 4.69) is 15.6 Å². The predicted octanol–water partition coefficient (Wildman–Crippen LogP) is 5.02. The summed E-state index contributed by atoms with van der Waals surface area (Å²) >= 11 is 0. The first kappa shape index (κ1) is 24.4. The summed E-state index contributed by atoms with van der Waals surface area (Å²) in [6, 6.07) is 31.9. The molecule has 0 aliphatic carbocycles. The smallest absolute Gasteiger partial charge is 0.268 e. The number of nitrogens with one attached hydrogen (secondary N) is 2. The van der Waals surface area contributed by atoms with Gasteiger partial charge in [-0.1, -0.05) is 72.8 Å². The normalized spacial score (nSPS) is 11.1. The Hall–Kier alpha value is -5.30. The van der Waals surface area contributed by atoms with E-state index in [1.165, 1.54) is 0 Å². The van der Waals surface area contributed by atoms with Gasteiger partial charge in [0.25, 0.3) is 11.8 Å². The fourth-order valence-electron chi connectivity index (χ4n) is 3.90. The third kappa shape index (κ3) is 5.91. The third-order valence-corrected chi connectivity index (χ3v) is 5.82. The van der Waals surface area contributed by atoms with Gasteiger partial charge in [-0.25, -0.2) is 4.68 Å². The van der Waals surface area contributed by atoms with Crippen molar-refractivity contribution in [1.29, 1.82) is 0 Å². The number of para-hydroxylation sites is 1. The SMILES string of the molecule is O=C(NCc1cccnc1)C(=Cc1cn(-c2ccccc2)nc1-c1ccccc1)NC(=O)c1ccccc1. The highest BCUT2D eigenvalue weighted by molar-refractivity contribution is 6.05. The van der Waals surface area contributed by atoms with Gasteiger partial charge in [-0.05, 0) is 42.0 Å². The second kappa shape index (κ2) is 11.6. The Labute approximate surface area is 220 Å². The molecule has 0 unspecified atom stereocenters. The number of benzene rings is 3. The van der Waals surface area contributed by atoms with Gasteiger partial charge in [0.15, 0.2) is 0 Å². The molecule has 5 aromatic rings. The molecule has 0 saturated carbocycles. The van der Waals surface area contributed by atoms with Crippen LogP contribution >= 0.6 is 0 Å². The molecule has 0 aliphatic rings. The van der Waals surface area contributed by atoms with Crippen LogP contribution in [-0.2, 0) is 11.3 Å². The van der Waals surface area contributed by atoms with Gasteiger partial charge >= 0.3 is 0 Å². The number of amides is 2. The second-order valence-corrected chi connectivity index (χ2v) is 8.50. The van der Waals surface area contributed by atoms with Gasteiger partial charge in [0.05, 0.1) is 5.69 Å². The molecule has 0 saturated heterocycles. The first-order valence-electron chi connectivity index (χ1n) is 12.1. The van der Waals surface area contributed by atoms with Crippen molar-refractivity contribution in [3.63, 3.8) is 0 Å².